The van der Waals surface area contributed by atoms with Gasteiger partial charge in [0, 0.05) is 3.57 Å². The molecule has 78 valence electrons. The van der Waals surface area contributed by atoms with Gasteiger partial charge in [-0.25, -0.2) is 0 Å². The number of nitrogens with one attached hydrogen (secondary N) is 1. The van der Waals surface area contributed by atoms with Crippen molar-refractivity contribution in [1.29, 1.82) is 0 Å². The van der Waals surface area contributed by atoms with Gasteiger partial charge < -0.3 is 15.5 Å². The van der Waals surface area contributed by atoms with E-state index in [0.29, 0.717) is 11.9 Å². The van der Waals surface area contributed by atoms with E-state index < -0.39 is 0 Å². The lowest BCUT2D eigenvalue weighted by Crippen LogP contribution is -1.95. The van der Waals surface area contributed by atoms with Crippen molar-refractivity contribution >= 4 is 34.3 Å². The van der Waals surface area contributed by atoms with Crippen LogP contribution in [-0.2, 0) is 6.54 Å². The van der Waals surface area contributed by atoms with Crippen LogP contribution in [0.15, 0.2) is 28.7 Å². The van der Waals surface area contributed by atoms with Crippen molar-refractivity contribution in [1.82, 2.24) is 10.2 Å². The van der Waals surface area contributed by atoms with E-state index in [2.05, 4.69) is 38.1 Å². The van der Waals surface area contributed by atoms with E-state index in [-0.39, 0.29) is 6.54 Å². The molecule has 0 amide bonds. The van der Waals surface area contributed by atoms with Crippen LogP contribution in [0, 0.1) is 3.57 Å². The molecule has 2 aromatic rings. The molecule has 2 rings (SSSR count). The Morgan fingerprint density at radius 2 is 2.13 bits per heavy atom. The lowest BCUT2D eigenvalue weighted by molar-refractivity contribution is 0.511. The average Bonchev–Trinajstić information content (AvgIpc) is 2.69. The molecule has 0 fully saturated rings. The summed E-state index contributed by atoms with van der Waals surface area (Å²) in [6, 6.07) is 8.19. The van der Waals surface area contributed by atoms with Crippen molar-refractivity contribution in [2.45, 2.75) is 6.54 Å². The molecule has 3 N–H and O–H groups in total. The van der Waals surface area contributed by atoms with Gasteiger partial charge in [0.25, 0.3) is 0 Å². The topological polar surface area (TPSA) is 77.0 Å². The normalized spacial score (nSPS) is 10.3. The average molecular weight is 316 g/mol. The number of hydrogen-bond acceptors (Lipinski definition) is 5. The maximum absolute atomic E-state index is 5.36. The minimum atomic E-state index is 0.251. The number of para-hydroxylation sites is 1. The SMILES string of the molecule is NCc1nnc(Nc2ccccc2I)o1. The van der Waals surface area contributed by atoms with E-state index in [0.717, 1.165) is 9.26 Å². The van der Waals surface area contributed by atoms with E-state index in [9.17, 15) is 0 Å². The lowest BCUT2D eigenvalue weighted by Gasteiger charge is -2.02. The fraction of sp³-hybridized carbons (Fsp3) is 0.111. The molecule has 15 heavy (non-hydrogen) atoms. The van der Waals surface area contributed by atoms with E-state index in [4.69, 9.17) is 10.2 Å². The molecule has 0 unspecified atom stereocenters. The summed E-state index contributed by atoms with van der Waals surface area (Å²) >= 11 is 2.23. The largest absolute Gasteiger partial charge is 0.406 e. The summed E-state index contributed by atoms with van der Waals surface area (Å²) in [7, 11) is 0. The van der Waals surface area contributed by atoms with Crippen LogP contribution in [0.4, 0.5) is 11.7 Å². The minimum Gasteiger partial charge on any atom is -0.406 e. The number of halogens is 1. The second-order valence-electron chi connectivity index (χ2n) is 2.81. The van der Waals surface area contributed by atoms with Crippen LogP contribution in [0.2, 0.25) is 0 Å². The van der Waals surface area contributed by atoms with Gasteiger partial charge in [-0.15, -0.1) is 5.10 Å². The molecule has 0 bridgehead atoms. The maximum atomic E-state index is 5.36. The third-order valence-electron chi connectivity index (χ3n) is 1.76. The fourth-order valence-electron chi connectivity index (χ4n) is 1.06. The monoisotopic (exact) mass is 316 g/mol. The van der Waals surface area contributed by atoms with Gasteiger partial charge in [0.2, 0.25) is 5.89 Å². The number of anilines is 2. The molecule has 0 aliphatic carbocycles. The Bertz CT molecular complexity index is 457. The molecular weight excluding hydrogens is 307 g/mol. The number of benzene rings is 1. The van der Waals surface area contributed by atoms with Crippen molar-refractivity contribution in [3.05, 3.63) is 33.7 Å². The molecule has 6 heteroatoms. The molecule has 0 atom stereocenters. The molecule has 0 saturated carbocycles. The van der Waals surface area contributed by atoms with Gasteiger partial charge in [0.15, 0.2) is 0 Å². The highest BCUT2D eigenvalue weighted by Crippen LogP contribution is 2.20. The summed E-state index contributed by atoms with van der Waals surface area (Å²) < 4.78 is 6.32. The van der Waals surface area contributed by atoms with Gasteiger partial charge in [-0.2, -0.15) is 0 Å². The van der Waals surface area contributed by atoms with Crippen LogP contribution < -0.4 is 11.1 Å². The Morgan fingerprint density at radius 3 is 2.80 bits per heavy atom. The van der Waals surface area contributed by atoms with Gasteiger partial charge in [-0.3, -0.25) is 0 Å². The Balaban J connectivity index is 2.18. The van der Waals surface area contributed by atoms with Gasteiger partial charge in [0.05, 0.1) is 12.2 Å². The van der Waals surface area contributed by atoms with Crippen molar-refractivity contribution in [3.63, 3.8) is 0 Å². The van der Waals surface area contributed by atoms with Crippen LogP contribution in [0.3, 0.4) is 0 Å². The van der Waals surface area contributed by atoms with Crippen molar-refractivity contribution in [2.75, 3.05) is 5.32 Å². The summed E-state index contributed by atoms with van der Waals surface area (Å²) in [6.07, 6.45) is 0. The van der Waals surface area contributed by atoms with Crippen LogP contribution >= 0.6 is 22.6 Å². The smallest absolute Gasteiger partial charge is 0.320 e. The summed E-state index contributed by atoms with van der Waals surface area (Å²) in [4.78, 5) is 0. The quantitative estimate of drug-likeness (QED) is 0.846. The van der Waals surface area contributed by atoms with E-state index in [1.54, 1.807) is 0 Å². The molecule has 0 aliphatic rings. The number of nitrogens with two attached hydrogens (primary N) is 1. The molecule has 1 aromatic heterocycles. The highest BCUT2D eigenvalue weighted by molar-refractivity contribution is 14.1. The highest BCUT2D eigenvalue weighted by atomic mass is 127. The molecule has 5 nitrogen and oxygen atoms in total. The maximum Gasteiger partial charge on any atom is 0.320 e. The first-order valence-electron chi connectivity index (χ1n) is 4.33. The van der Waals surface area contributed by atoms with Crippen LogP contribution in [0.1, 0.15) is 5.89 Å². The van der Waals surface area contributed by atoms with Crippen molar-refractivity contribution in [3.8, 4) is 0 Å². The number of hydrogen-bond donors (Lipinski definition) is 2. The zero-order valence-corrected chi connectivity index (χ0v) is 9.93. The zero-order valence-electron chi connectivity index (χ0n) is 7.77. The molecular formula is C9H9IN4O. The van der Waals surface area contributed by atoms with E-state index in [1.807, 2.05) is 24.3 Å². The molecule has 0 aliphatic heterocycles. The molecule has 0 saturated heterocycles. The fourth-order valence-corrected chi connectivity index (χ4v) is 1.59. The van der Waals surface area contributed by atoms with Gasteiger partial charge in [-0.1, -0.05) is 17.2 Å². The third kappa shape index (κ3) is 2.45. The van der Waals surface area contributed by atoms with E-state index >= 15 is 0 Å². The zero-order chi connectivity index (χ0) is 10.7. The highest BCUT2D eigenvalue weighted by Gasteiger charge is 2.05. The molecule has 1 heterocycles. The third-order valence-corrected chi connectivity index (χ3v) is 2.70. The van der Waals surface area contributed by atoms with Gasteiger partial charge in [0.1, 0.15) is 0 Å². The Hall–Kier alpha value is -1.15. The summed E-state index contributed by atoms with van der Waals surface area (Å²) in [5, 5.41) is 10.6. The standard InChI is InChI=1S/C9H9IN4O/c10-6-3-1-2-4-7(6)12-9-14-13-8(5-11)15-9/h1-4H,5,11H2,(H,12,14). The predicted molar refractivity (Wildman–Crippen MR) is 64.6 cm³/mol. The number of rotatable bonds is 3. The second-order valence-corrected chi connectivity index (χ2v) is 3.97. The first-order valence-corrected chi connectivity index (χ1v) is 5.41. The van der Waals surface area contributed by atoms with Crippen molar-refractivity contribution in [2.24, 2.45) is 5.73 Å². The van der Waals surface area contributed by atoms with Gasteiger partial charge >= 0.3 is 6.01 Å². The van der Waals surface area contributed by atoms with Crippen LogP contribution in [-0.4, -0.2) is 10.2 Å². The Morgan fingerprint density at radius 1 is 1.33 bits per heavy atom. The first-order chi connectivity index (χ1) is 7.29. The number of nitrogens with zero attached hydrogens (tertiary/aromatic N) is 2. The minimum absolute atomic E-state index is 0.251. The van der Waals surface area contributed by atoms with Crippen molar-refractivity contribution < 1.29 is 4.42 Å². The molecule has 1 aromatic carbocycles. The summed E-state index contributed by atoms with van der Waals surface area (Å²) in [6.45, 7) is 0.251. The lowest BCUT2D eigenvalue weighted by atomic mass is 10.3. The molecule has 0 radical (unpaired) electrons. The Kier molecular flexibility index (Phi) is 3.17. The van der Waals surface area contributed by atoms with Crippen LogP contribution in [0.5, 0.6) is 0 Å². The molecule has 0 spiro atoms. The summed E-state index contributed by atoms with van der Waals surface area (Å²) in [5.74, 6) is 0.420. The number of aromatic nitrogens is 2. The van der Waals surface area contributed by atoms with E-state index in [1.165, 1.54) is 0 Å². The first kappa shape index (κ1) is 10.4. The Labute approximate surface area is 100 Å². The van der Waals surface area contributed by atoms with Gasteiger partial charge in [-0.05, 0) is 34.7 Å². The van der Waals surface area contributed by atoms with Crippen LogP contribution in [0.25, 0.3) is 0 Å². The summed E-state index contributed by atoms with van der Waals surface area (Å²) in [5.41, 5.74) is 6.30. The predicted octanol–water partition coefficient (Wildman–Crippen LogP) is 1.88. The second kappa shape index (κ2) is 4.58.